The van der Waals surface area contributed by atoms with Crippen molar-refractivity contribution in [1.29, 1.82) is 0 Å². The Labute approximate surface area is 161 Å². The average Bonchev–Trinajstić information content (AvgIpc) is 3.26. The molecule has 1 saturated heterocycles. The molecule has 0 saturated carbocycles. The number of hydrogen-bond acceptors (Lipinski definition) is 6. The molecule has 1 aliphatic rings. The van der Waals surface area contributed by atoms with Crippen LogP contribution in [0.25, 0.3) is 11.0 Å². The van der Waals surface area contributed by atoms with Crippen LogP contribution in [-0.4, -0.2) is 56.0 Å². The summed E-state index contributed by atoms with van der Waals surface area (Å²) in [4.78, 5) is 26.7. The van der Waals surface area contributed by atoms with Gasteiger partial charge in [0.15, 0.2) is 8.32 Å². The second-order valence-corrected chi connectivity index (χ2v) is 13.7. The molecule has 1 N–H and O–H groups in total. The zero-order chi connectivity index (χ0) is 19.9. The first-order valence-electron chi connectivity index (χ1n) is 9.35. The molecule has 1 atom stereocenters. The van der Waals surface area contributed by atoms with Crippen LogP contribution >= 0.6 is 0 Å². The van der Waals surface area contributed by atoms with Gasteiger partial charge in [-0.05, 0) is 30.6 Å². The first-order chi connectivity index (χ1) is 12.6. The van der Waals surface area contributed by atoms with Gasteiger partial charge >= 0.3 is 5.97 Å². The van der Waals surface area contributed by atoms with Crippen molar-refractivity contribution in [3.8, 4) is 0 Å². The zero-order valence-corrected chi connectivity index (χ0v) is 18.1. The molecule has 1 unspecified atom stereocenters. The summed E-state index contributed by atoms with van der Waals surface area (Å²) < 4.78 is 11.6. The van der Waals surface area contributed by atoms with E-state index in [0.717, 1.165) is 23.4 Å². The molecule has 0 amide bonds. The molecule has 2 aromatic rings. The van der Waals surface area contributed by atoms with Crippen LogP contribution in [0.15, 0.2) is 18.6 Å². The van der Waals surface area contributed by atoms with E-state index in [0.29, 0.717) is 19.6 Å². The van der Waals surface area contributed by atoms with Crippen LogP contribution < -0.4 is 4.90 Å². The van der Waals surface area contributed by atoms with E-state index in [1.165, 1.54) is 7.11 Å². The summed E-state index contributed by atoms with van der Waals surface area (Å²) in [6, 6.07) is 1.97. The van der Waals surface area contributed by atoms with E-state index in [2.05, 4.69) is 53.7 Å². The predicted molar refractivity (Wildman–Crippen MR) is 108 cm³/mol. The summed E-state index contributed by atoms with van der Waals surface area (Å²) in [5, 5.41) is 1.05. The van der Waals surface area contributed by atoms with Crippen molar-refractivity contribution >= 4 is 31.1 Å². The number of aromatic amines is 1. The number of aromatic nitrogens is 3. The lowest BCUT2D eigenvalue weighted by atomic mass is 9.88. The number of esters is 1. The van der Waals surface area contributed by atoms with Crippen molar-refractivity contribution in [2.45, 2.75) is 45.3 Å². The van der Waals surface area contributed by atoms with Gasteiger partial charge in [0, 0.05) is 19.3 Å². The van der Waals surface area contributed by atoms with E-state index in [-0.39, 0.29) is 11.0 Å². The Morgan fingerprint density at radius 1 is 1.37 bits per heavy atom. The van der Waals surface area contributed by atoms with Crippen molar-refractivity contribution in [2.75, 3.05) is 31.7 Å². The minimum absolute atomic E-state index is 0.0898. The van der Waals surface area contributed by atoms with Crippen molar-refractivity contribution < 1.29 is 14.0 Å². The molecule has 0 spiro atoms. The molecule has 2 aromatic heterocycles. The van der Waals surface area contributed by atoms with Gasteiger partial charge in [-0.3, -0.25) is 4.79 Å². The Morgan fingerprint density at radius 2 is 2.11 bits per heavy atom. The van der Waals surface area contributed by atoms with E-state index < -0.39 is 13.7 Å². The van der Waals surface area contributed by atoms with Gasteiger partial charge in [-0.1, -0.05) is 20.8 Å². The highest BCUT2D eigenvalue weighted by atomic mass is 28.4. The second kappa shape index (κ2) is 6.90. The molecule has 0 aromatic carbocycles. The molecular formula is C19H30N4O3Si. The minimum Gasteiger partial charge on any atom is -0.468 e. The van der Waals surface area contributed by atoms with Gasteiger partial charge in [-0.2, -0.15) is 0 Å². The number of nitrogens with one attached hydrogen (secondary N) is 1. The SMILES string of the molecule is COC(=O)C1(CO[Si](C)(C)C(C)(C)C)CCN(c2ncnc3[nH]ccc23)C1. The summed E-state index contributed by atoms with van der Waals surface area (Å²) in [7, 11) is -0.517. The van der Waals surface area contributed by atoms with Crippen LogP contribution in [-0.2, 0) is 14.0 Å². The fourth-order valence-electron chi connectivity index (χ4n) is 3.26. The number of anilines is 1. The highest BCUT2D eigenvalue weighted by Crippen LogP contribution is 2.41. The van der Waals surface area contributed by atoms with Gasteiger partial charge in [-0.15, -0.1) is 0 Å². The Bertz CT molecular complexity index is 830. The summed E-state index contributed by atoms with van der Waals surface area (Å²) >= 11 is 0. The number of nitrogens with zero attached hydrogens (tertiary/aromatic N) is 3. The first-order valence-corrected chi connectivity index (χ1v) is 12.3. The molecule has 8 heteroatoms. The molecule has 1 fully saturated rings. The lowest BCUT2D eigenvalue weighted by Gasteiger charge is -2.39. The highest BCUT2D eigenvalue weighted by Gasteiger charge is 2.49. The fourth-order valence-corrected chi connectivity index (χ4v) is 4.33. The van der Waals surface area contributed by atoms with Crippen LogP contribution in [0.1, 0.15) is 27.2 Å². The molecule has 7 nitrogen and oxygen atoms in total. The maximum absolute atomic E-state index is 12.7. The zero-order valence-electron chi connectivity index (χ0n) is 17.1. The Morgan fingerprint density at radius 3 is 2.78 bits per heavy atom. The van der Waals surface area contributed by atoms with Gasteiger partial charge in [0.1, 0.15) is 23.2 Å². The quantitative estimate of drug-likeness (QED) is 0.623. The maximum Gasteiger partial charge on any atom is 0.315 e. The number of H-pyrrole nitrogens is 1. The number of fused-ring (bicyclic) bond motifs is 1. The standard InChI is InChI=1S/C19H30N4O3Si/c1-18(2,3)27(5,6)26-12-19(17(24)25-4)8-10-23(11-19)16-14-7-9-20-15(14)21-13-22-16/h7,9,13H,8,10-12H2,1-6H3,(H,20,21,22). The van der Waals surface area contributed by atoms with Crippen molar-refractivity contribution in [3.05, 3.63) is 18.6 Å². The highest BCUT2D eigenvalue weighted by molar-refractivity contribution is 6.74. The smallest absolute Gasteiger partial charge is 0.315 e. The lowest BCUT2D eigenvalue weighted by molar-refractivity contribution is -0.153. The molecule has 0 radical (unpaired) electrons. The Hall–Kier alpha value is -1.93. The number of carbonyl (C=O) groups excluding carboxylic acids is 1. The third-order valence-corrected chi connectivity index (χ3v) is 10.6. The second-order valence-electron chi connectivity index (χ2n) is 8.93. The normalized spacial score (nSPS) is 21.0. The third-order valence-electron chi connectivity index (χ3n) is 6.12. The lowest BCUT2D eigenvalue weighted by Crippen LogP contribution is -2.47. The molecule has 0 bridgehead atoms. The summed E-state index contributed by atoms with van der Waals surface area (Å²) in [6.45, 7) is 12.7. The van der Waals surface area contributed by atoms with E-state index >= 15 is 0 Å². The third kappa shape index (κ3) is 3.60. The van der Waals surface area contributed by atoms with Crippen LogP contribution in [0.5, 0.6) is 0 Å². The van der Waals surface area contributed by atoms with E-state index in [4.69, 9.17) is 9.16 Å². The Balaban J connectivity index is 1.85. The number of hydrogen-bond donors (Lipinski definition) is 1. The van der Waals surface area contributed by atoms with Crippen LogP contribution in [0, 0.1) is 5.41 Å². The van der Waals surface area contributed by atoms with Gasteiger partial charge in [0.05, 0.1) is 19.1 Å². The molecule has 3 heterocycles. The largest absolute Gasteiger partial charge is 0.468 e. The van der Waals surface area contributed by atoms with E-state index in [1.54, 1.807) is 6.33 Å². The monoisotopic (exact) mass is 390 g/mol. The van der Waals surface area contributed by atoms with Gasteiger partial charge < -0.3 is 19.0 Å². The van der Waals surface area contributed by atoms with E-state index in [1.807, 2.05) is 12.3 Å². The van der Waals surface area contributed by atoms with Crippen molar-refractivity contribution in [2.24, 2.45) is 5.41 Å². The maximum atomic E-state index is 12.7. The minimum atomic E-state index is -1.97. The molecule has 3 rings (SSSR count). The van der Waals surface area contributed by atoms with E-state index in [9.17, 15) is 4.79 Å². The van der Waals surface area contributed by atoms with Crippen LogP contribution in [0.2, 0.25) is 18.1 Å². The molecule has 148 valence electrons. The van der Waals surface area contributed by atoms with Crippen molar-refractivity contribution in [1.82, 2.24) is 15.0 Å². The summed E-state index contributed by atoms with van der Waals surface area (Å²) in [5.41, 5.74) is 0.130. The number of ether oxygens (including phenoxy) is 1. The average molecular weight is 391 g/mol. The van der Waals surface area contributed by atoms with Gasteiger partial charge in [-0.25, -0.2) is 9.97 Å². The summed E-state index contributed by atoms with van der Waals surface area (Å²) in [6.07, 6.45) is 4.09. The molecular weight excluding hydrogens is 360 g/mol. The first kappa shape index (κ1) is 19.8. The number of rotatable bonds is 5. The fraction of sp³-hybridized carbons (Fsp3) is 0.632. The molecule has 0 aliphatic carbocycles. The van der Waals surface area contributed by atoms with Crippen LogP contribution in [0.4, 0.5) is 5.82 Å². The Kier molecular flexibility index (Phi) is 5.07. The predicted octanol–water partition coefficient (Wildman–Crippen LogP) is 3.35. The summed E-state index contributed by atoms with van der Waals surface area (Å²) in [5.74, 6) is 0.641. The van der Waals surface area contributed by atoms with Gasteiger partial charge in [0.2, 0.25) is 0 Å². The van der Waals surface area contributed by atoms with Crippen molar-refractivity contribution in [3.63, 3.8) is 0 Å². The van der Waals surface area contributed by atoms with Crippen LogP contribution in [0.3, 0.4) is 0 Å². The number of carbonyl (C=O) groups is 1. The topological polar surface area (TPSA) is 80.3 Å². The molecule has 1 aliphatic heterocycles. The number of methoxy groups -OCH3 is 1. The molecule has 27 heavy (non-hydrogen) atoms. The van der Waals surface area contributed by atoms with Gasteiger partial charge in [0.25, 0.3) is 0 Å².